The molecule has 2 rings (SSSR count). The van der Waals surface area contributed by atoms with E-state index in [1.807, 2.05) is 13.0 Å². The highest BCUT2D eigenvalue weighted by Crippen LogP contribution is 2.32. The Kier molecular flexibility index (Phi) is 3.81. The molecule has 2 N–H and O–H groups in total. The van der Waals surface area contributed by atoms with E-state index in [1.165, 1.54) is 0 Å². The summed E-state index contributed by atoms with van der Waals surface area (Å²) in [5, 5.41) is 11.1. The third kappa shape index (κ3) is 2.61. The van der Waals surface area contributed by atoms with Crippen molar-refractivity contribution in [3.05, 3.63) is 33.9 Å². The van der Waals surface area contributed by atoms with Crippen molar-refractivity contribution >= 4 is 11.4 Å². The number of nitrogens with zero attached hydrogens (tertiary/aromatic N) is 2. The molecule has 1 heterocycles. The Bertz CT molecular complexity index is 440. The molecule has 0 radical (unpaired) electrons. The third-order valence-corrected chi connectivity index (χ3v) is 3.62. The summed E-state index contributed by atoms with van der Waals surface area (Å²) in [7, 11) is 0. The van der Waals surface area contributed by atoms with Crippen LogP contribution in [0.5, 0.6) is 0 Å². The van der Waals surface area contributed by atoms with Crippen molar-refractivity contribution in [3.63, 3.8) is 0 Å². The van der Waals surface area contributed by atoms with Crippen molar-refractivity contribution < 1.29 is 4.92 Å². The zero-order valence-electron chi connectivity index (χ0n) is 10.6. The quantitative estimate of drug-likeness (QED) is 0.657. The zero-order chi connectivity index (χ0) is 13.1. The second-order valence-electron chi connectivity index (χ2n) is 4.92. The molecule has 1 aromatic rings. The largest absolute Gasteiger partial charge is 0.366 e. The number of piperidine rings is 1. The fourth-order valence-corrected chi connectivity index (χ4v) is 2.45. The lowest BCUT2D eigenvalue weighted by Crippen LogP contribution is -2.36. The van der Waals surface area contributed by atoms with E-state index >= 15 is 0 Å². The van der Waals surface area contributed by atoms with Crippen LogP contribution in [-0.2, 0) is 0 Å². The van der Waals surface area contributed by atoms with Crippen LogP contribution in [0.15, 0.2) is 18.2 Å². The van der Waals surface area contributed by atoms with E-state index < -0.39 is 0 Å². The first-order chi connectivity index (χ1) is 8.61. The molecule has 5 heteroatoms. The van der Waals surface area contributed by atoms with Crippen LogP contribution in [0, 0.1) is 23.0 Å². The zero-order valence-corrected chi connectivity index (χ0v) is 10.6. The van der Waals surface area contributed by atoms with Crippen LogP contribution in [0.4, 0.5) is 11.4 Å². The highest BCUT2D eigenvalue weighted by Gasteiger charge is 2.24. The highest BCUT2D eigenvalue weighted by atomic mass is 16.6. The van der Waals surface area contributed by atoms with Gasteiger partial charge in [0.1, 0.15) is 5.69 Å². The summed E-state index contributed by atoms with van der Waals surface area (Å²) >= 11 is 0. The van der Waals surface area contributed by atoms with Crippen molar-refractivity contribution in [2.45, 2.75) is 19.8 Å². The number of anilines is 1. The van der Waals surface area contributed by atoms with Gasteiger partial charge in [-0.1, -0.05) is 6.07 Å². The predicted molar refractivity (Wildman–Crippen MR) is 71.8 cm³/mol. The lowest BCUT2D eigenvalue weighted by atomic mass is 9.96. The second kappa shape index (κ2) is 5.35. The molecule has 1 fully saturated rings. The standard InChI is InChI=1S/C13H19N3O2/c1-10-2-3-12(16(17)18)13(8-10)15-6-4-11(9-14)5-7-15/h2-3,8,11H,4-7,9,14H2,1H3. The summed E-state index contributed by atoms with van der Waals surface area (Å²) in [6.45, 7) is 4.38. The molecule has 0 aliphatic carbocycles. The lowest BCUT2D eigenvalue weighted by Gasteiger charge is -2.32. The Hall–Kier alpha value is -1.62. The number of rotatable bonds is 3. The van der Waals surface area contributed by atoms with Gasteiger partial charge in [-0.2, -0.15) is 0 Å². The average Bonchev–Trinajstić information content (AvgIpc) is 2.38. The van der Waals surface area contributed by atoms with E-state index in [2.05, 4.69) is 4.90 Å². The van der Waals surface area contributed by atoms with Gasteiger partial charge in [0.05, 0.1) is 4.92 Å². The monoisotopic (exact) mass is 249 g/mol. The number of hydrogen-bond acceptors (Lipinski definition) is 4. The number of aryl methyl sites for hydroxylation is 1. The van der Waals surface area contributed by atoms with E-state index in [-0.39, 0.29) is 10.6 Å². The molecule has 0 saturated carbocycles. The summed E-state index contributed by atoms with van der Waals surface area (Å²) in [4.78, 5) is 12.9. The van der Waals surface area contributed by atoms with Crippen molar-refractivity contribution in [1.29, 1.82) is 0 Å². The van der Waals surface area contributed by atoms with Gasteiger partial charge < -0.3 is 10.6 Å². The van der Waals surface area contributed by atoms with Gasteiger partial charge in [-0.3, -0.25) is 10.1 Å². The summed E-state index contributed by atoms with van der Waals surface area (Å²) in [6, 6.07) is 5.29. The van der Waals surface area contributed by atoms with Crippen LogP contribution in [0.1, 0.15) is 18.4 Å². The maximum atomic E-state index is 11.1. The van der Waals surface area contributed by atoms with Crippen LogP contribution in [0.25, 0.3) is 0 Å². The fourth-order valence-electron chi connectivity index (χ4n) is 2.45. The summed E-state index contributed by atoms with van der Waals surface area (Å²) in [5.41, 5.74) is 7.66. The highest BCUT2D eigenvalue weighted by molar-refractivity contribution is 5.64. The van der Waals surface area contributed by atoms with Gasteiger partial charge in [0.25, 0.3) is 5.69 Å². The number of nitro groups is 1. The topological polar surface area (TPSA) is 72.4 Å². The Labute approximate surface area is 107 Å². The molecule has 1 aromatic carbocycles. The van der Waals surface area contributed by atoms with Gasteiger partial charge in [0.15, 0.2) is 0 Å². The summed E-state index contributed by atoms with van der Waals surface area (Å²) in [5.74, 6) is 0.560. The van der Waals surface area contributed by atoms with Crippen LogP contribution in [-0.4, -0.2) is 24.6 Å². The minimum atomic E-state index is -0.302. The molecular formula is C13H19N3O2. The first-order valence-electron chi connectivity index (χ1n) is 6.32. The summed E-state index contributed by atoms with van der Waals surface area (Å²) < 4.78 is 0. The van der Waals surface area contributed by atoms with E-state index in [1.54, 1.807) is 12.1 Å². The van der Waals surface area contributed by atoms with Crippen molar-refractivity contribution in [3.8, 4) is 0 Å². The first-order valence-corrected chi connectivity index (χ1v) is 6.32. The number of hydrogen-bond donors (Lipinski definition) is 1. The predicted octanol–water partition coefficient (Wildman–Crippen LogP) is 2.08. The SMILES string of the molecule is Cc1ccc([N+](=O)[O-])c(N2CCC(CN)CC2)c1. The molecule has 0 aromatic heterocycles. The number of benzene rings is 1. The number of nitrogens with two attached hydrogens (primary N) is 1. The number of nitro benzene ring substituents is 1. The molecule has 0 spiro atoms. The minimum Gasteiger partial charge on any atom is -0.366 e. The van der Waals surface area contributed by atoms with Crippen LogP contribution < -0.4 is 10.6 Å². The van der Waals surface area contributed by atoms with Gasteiger partial charge in [-0.15, -0.1) is 0 Å². The van der Waals surface area contributed by atoms with Gasteiger partial charge in [-0.25, -0.2) is 0 Å². The molecule has 0 bridgehead atoms. The Morgan fingerprint density at radius 1 is 1.44 bits per heavy atom. The Balaban J connectivity index is 2.22. The van der Waals surface area contributed by atoms with E-state index in [9.17, 15) is 10.1 Å². The average molecular weight is 249 g/mol. The van der Waals surface area contributed by atoms with Crippen molar-refractivity contribution in [1.82, 2.24) is 0 Å². The van der Waals surface area contributed by atoms with Gasteiger partial charge in [0.2, 0.25) is 0 Å². The molecule has 18 heavy (non-hydrogen) atoms. The molecule has 98 valence electrons. The van der Waals surface area contributed by atoms with Crippen LogP contribution in [0.2, 0.25) is 0 Å². The van der Waals surface area contributed by atoms with Crippen molar-refractivity contribution in [2.75, 3.05) is 24.5 Å². The lowest BCUT2D eigenvalue weighted by molar-refractivity contribution is -0.384. The molecule has 5 nitrogen and oxygen atoms in total. The Morgan fingerprint density at radius 2 is 2.11 bits per heavy atom. The van der Waals surface area contributed by atoms with E-state index in [0.29, 0.717) is 12.5 Å². The van der Waals surface area contributed by atoms with E-state index in [0.717, 1.165) is 37.2 Å². The second-order valence-corrected chi connectivity index (χ2v) is 4.92. The molecule has 1 saturated heterocycles. The minimum absolute atomic E-state index is 0.201. The summed E-state index contributed by atoms with van der Waals surface area (Å²) in [6.07, 6.45) is 2.03. The smallest absolute Gasteiger partial charge is 0.292 e. The molecule has 0 unspecified atom stereocenters. The molecule has 1 aliphatic rings. The molecular weight excluding hydrogens is 230 g/mol. The molecule has 0 atom stereocenters. The van der Waals surface area contributed by atoms with Gasteiger partial charge >= 0.3 is 0 Å². The van der Waals surface area contributed by atoms with E-state index in [4.69, 9.17) is 5.73 Å². The normalized spacial score (nSPS) is 16.9. The van der Waals surface area contributed by atoms with Gasteiger partial charge in [-0.05, 0) is 43.9 Å². The van der Waals surface area contributed by atoms with Crippen LogP contribution >= 0.6 is 0 Å². The van der Waals surface area contributed by atoms with Gasteiger partial charge in [0, 0.05) is 19.2 Å². The Morgan fingerprint density at radius 3 is 2.67 bits per heavy atom. The molecule has 1 aliphatic heterocycles. The maximum Gasteiger partial charge on any atom is 0.292 e. The van der Waals surface area contributed by atoms with Crippen molar-refractivity contribution in [2.24, 2.45) is 11.7 Å². The molecule has 0 amide bonds. The van der Waals surface area contributed by atoms with Crippen LogP contribution in [0.3, 0.4) is 0 Å². The first kappa shape index (κ1) is 12.8. The maximum absolute atomic E-state index is 11.1. The third-order valence-electron chi connectivity index (χ3n) is 3.62. The fraction of sp³-hybridized carbons (Fsp3) is 0.538.